The lowest BCUT2D eigenvalue weighted by Gasteiger charge is -2.17. The molecule has 0 aliphatic carbocycles. The monoisotopic (exact) mass is 302 g/mol. The number of non-ortho nitro benzene ring substituents is 1. The second-order valence-corrected chi connectivity index (χ2v) is 5.22. The maximum atomic E-state index is 12.5. The quantitative estimate of drug-likeness (QED) is 0.630. The number of hydrogen-bond acceptors (Lipinski definition) is 3. The van der Waals surface area contributed by atoms with Crippen LogP contribution in [0.5, 0.6) is 0 Å². The number of benzene rings is 2. The fourth-order valence-corrected chi connectivity index (χ4v) is 2.57. The number of fused-ring (bicyclic) bond motifs is 1. The van der Waals surface area contributed by atoms with Gasteiger partial charge in [-0.15, -0.1) is 0 Å². The average Bonchev–Trinajstić information content (AvgIpc) is 2.90. The van der Waals surface area contributed by atoms with Crippen LogP contribution in [0.1, 0.15) is 15.9 Å². The van der Waals surface area contributed by atoms with Gasteiger partial charge in [-0.25, -0.2) is 0 Å². The fourth-order valence-electron chi connectivity index (χ4n) is 2.44. The number of rotatable bonds is 2. The summed E-state index contributed by atoms with van der Waals surface area (Å²) in [6, 6.07) is 11.2. The molecule has 0 aromatic heterocycles. The second-order valence-electron chi connectivity index (χ2n) is 4.78. The molecular weight excluding hydrogens is 292 g/mol. The summed E-state index contributed by atoms with van der Waals surface area (Å²) in [6.07, 6.45) is 0.701. The molecule has 0 radical (unpaired) electrons. The number of carbonyl (C=O) groups is 1. The van der Waals surface area contributed by atoms with Crippen LogP contribution in [0.4, 0.5) is 11.4 Å². The van der Waals surface area contributed by atoms with Crippen molar-refractivity contribution in [1.29, 1.82) is 0 Å². The van der Waals surface area contributed by atoms with E-state index in [-0.39, 0.29) is 11.6 Å². The van der Waals surface area contributed by atoms with Gasteiger partial charge in [0, 0.05) is 29.3 Å². The van der Waals surface area contributed by atoms with Crippen LogP contribution < -0.4 is 4.90 Å². The Morgan fingerprint density at radius 1 is 1.19 bits per heavy atom. The molecule has 2 aromatic carbocycles. The van der Waals surface area contributed by atoms with Gasteiger partial charge in [-0.2, -0.15) is 0 Å². The van der Waals surface area contributed by atoms with Crippen molar-refractivity contribution in [3.8, 4) is 0 Å². The smallest absolute Gasteiger partial charge is 0.271 e. The largest absolute Gasteiger partial charge is 0.308 e. The van der Waals surface area contributed by atoms with Crippen LogP contribution in [0.15, 0.2) is 42.5 Å². The van der Waals surface area contributed by atoms with Crippen LogP contribution in [0.2, 0.25) is 5.02 Å². The standard InChI is InChI=1S/C15H11ClN2O3/c16-12-4-1-11(2-5-12)15(19)17-8-7-10-3-6-13(18(20)21)9-14(10)17/h1-6,9H,7-8H2. The molecule has 0 saturated heterocycles. The molecule has 1 aliphatic heterocycles. The van der Waals surface area contributed by atoms with Gasteiger partial charge in [0.05, 0.1) is 10.6 Å². The number of nitrogens with zero attached hydrogens (tertiary/aromatic N) is 2. The van der Waals surface area contributed by atoms with Gasteiger partial charge in [0.15, 0.2) is 0 Å². The zero-order chi connectivity index (χ0) is 15.0. The summed E-state index contributed by atoms with van der Waals surface area (Å²) in [5, 5.41) is 11.4. The minimum atomic E-state index is -0.455. The predicted octanol–water partition coefficient (Wildman–Crippen LogP) is 3.45. The summed E-state index contributed by atoms with van der Waals surface area (Å²) in [5.74, 6) is -0.175. The average molecular weight is 303 g/mol. The fraction of sp³-hybridized carbons (Fsp3) is 0.133. The zero-order valence-corrected chi connectivity index (χ0v) is 11.7. The SMILES string of the molecule is O=C(c1ccc(Cl)cc1)N1CCc2ccc([N+](=O)[O-])cc21. The van der Waals surface area contributed by atoms with E-state index >= 15 is 0 Å². The van der Waals surface area contributed by atoms with Crippen molar-refractivity contribution < 1.29 is 9.72 Å². The Hall–Kier alpha value is -2.40. The molecule has 3 rings (SSSR count). The molecule has 0 bridgehead atoms. The van der Waals surface area contributed by atoms with Crippen LogP contribution in [0, 0.1) is 10.1 Å². The van der Waals surface area contributed by atoms with E-state index in [0.29, 0.717) is 29.2 Å². The van der Waals surface area contributed by atoms with Crippen LogP contribution in [-0.4, -0.2) is 17.4 Å². The van der Waals surface area contributed by atoms with Crippen molar-refractivity contribution in [2.45, 2.75) is 6.42 Å². The van der Waals surface area contributed by atoms with Gasteiger partial charge in [0.1, 0.15) is 0 Å². The number of halogens is 1. The summed E-state index contributed by atoms with van der Waals surface area (Å²) in [7, 11) is 0. The van der Waals surface area contributed by atoms with Gasteiger partial charge in [-0.05, 0) is 36.2 Å². The van der Waals surface area contributed by atoms with E-state index in [0.717, 1.165) is 5.56 Å². The van der Waals surface area contributed by atoms with E-state index < -0.39 is 4.92 Å². The Morgan fingerprint density at radius 3 is 2.57 bits per heavy atom. The van der Waals surface area contributed by atoms with E-state index in [4.69, 9.17) is 11.6 Å². The van der Waals surface area contributed by atoms with Crippen molar-refractivity contribution in [2.24, 2.45) is 0 Å². The predicted molar refractivity (Wildman–Crippen MR) is 79.9 cm³/mol. The van der Waals surface area contributed by atoms with Crippen molar-refractivity contribution in [3.05, 3.63) is 68.7 Å². The van der Waals surface area contributed by atoms with E-state index in [1.54, 1.807) is 35.2 Å². The molecule has 0 N–H and O–H groups in total. The topological polar surface area (TPSA) is 63.5 Å². The first-order chi connectivity index (χ1) is 10.1. The molecular formula is C15H11ClN2O3. The third-order valence-corrected chi connectivity index (χ3v) is 3.76. The number of anilines is 1. The molecule has 1 heterocycles. The lowest BCUT2D eigenvalue weighted by molar-refractivity contribution is -0.384. The third-order valence-electron chi connectivity index (χ3n) is 3.51. The Morgan fingerprint density at radius 2 is 1.90 bits per heavy atom. The molecule has 6 heteroatoms. The Kier molecular flexibility index (Phi) is 3.35. The molecule has 21 heavy (non-hydrogen) atoms. The Balaban J connectivity index is 1.96. The van der Waals surface area contributed by atoms with E-state index in [2.05, 4.69) is 0 Å². The zero-order valence-electron chi connectivity index (χ0n) is 11.0. The van der Waals surface area contributed by atoms with Crippen LogP contribution in [-0.2, 0) is 6.42 Å². The number of nitro groups is 1. The third kappa shape index (κ3) is 2.48. The van der Waals surface area contributed by atoms with Gasteiger partial charge in [0.2, 0.25) is 0 Å². The molecule has 1 amide bonds. The molecule has 0 spiro atoms. The van der Waals surface area contributed by atoms with Gasteiger partial charge in [-0.3, -0.25) is 14.9 Å². The summed E-state index contributed by atoms with van der Waals surface area (Å²) < 4.78 is 0. The normalized spacial score (nSPS) is 13.1. The van der Waals surface area contributed by atoms with Crippen molar-refractivity contribution in [1.82, 2.24) is 0 Å². The highest BCUT2D eigenvalue weighted by Crippen LogP contribution is 2.32. The number of hydrogen-bond donors (Lipinski definition) is 0. The summed E-state index contributed by atoms with van der Waals surface area (Å²) in [5.41, 5.74) is 2.07. The van der Waals surface area contributed by atoms with Gasteiger partial charge >= 0.3 is 0 Å². The highest BCUT2D eigenvalue weighted by molar-refractivity contribution is 6.30. The van der Waals surface area contributed by atoms with Gasteiger partial charge in [0.25, 0.3) is 11.6 Å². The summed E-state index contributed by atoms with van der Waals surface area (Å²) in [6.45, 7) is 0.526. The maximum absolute atomic E-state index is 12.5. The first kappa shape index (κ1) is 13.6. The molecule has 1 aliphatic rings. The number of carbonyl (C=O) groups excluding carboxylic acids is 1. The first-order valence-corrected chi connectivity index (χ1v) is 6.79. The molecule has 0 saturated carbocycles. The highest BCUT2D eigenvalue weighted by atomic mass is 35.5. The summed E-state index contributed by atoms with van der Waals surface area (Å²) >= 11 is 5.81. The molecule has 0 unspecified atom stereocenters. The number of amides is 1. The van der Waals surface area contributed by atoms with E-state index in [1.807, 2.05) is 0 Å². The molecule has 0 atom stereocenters. The first-order valence-electron chi connectivity index (χ1n) is 6.41. The minimum absolute atomic E-state index is 0.00967. The van der Waals surface area contributed by atoms with Crippen molar-refractivity contribution in [2.75, 3.05) is 11.4 Å². The molecule has 0 fully saturated rings. The lowest BCUT2D eigenvalue weighted by atomic mass is 10.1. The molecule has 5 nitrogen and oxygen atoms in total. The number of nitro benzene ring substituents is 1. The molecule has 106 valence electrons. The van der Waals surface area contributed by atoms with E-state index in [9.17, 15) is 14.9 Å². The van der Waals surface area contributed by atoms with E-state index in [1.165, 1.54) is 12.1 Å². The lowest BCUT2D eigenvalue weighted by Crippen LogP contribution is -2.28. The second kappa shape index (κ2) is 5.18. The highest BCUT2D eigenvalue weighted by Gasteiger charge is 2.27. The molecule has 2 aromatic rings. The maximum Gasteiger partial charge on any atom is 0.271 e. The van der Waals surface area contributed by atoms with Crippen LogP contribution >= 0.6 is 11.6 Å². The Bertz CT molecular complexity index is 728. The van der Waals surface area contributed by atoms with Crippen molar-refractivity contribution >= 4 is 28.9 Å². The minimum Gasteiger partial charge on any atom is -0.308 e. The van der Waals surface area contributed by atoms with Crippen LogP contribution in [0.25, 0.3) is 0 Å². The van der Waals surface area contributed by atoms with Crippen molar-refractivity contribution in [3.63, 3.8) is 0 Å². The van der Waals surface area contributed by atoms with Gasteiger partial charge < -0.3 is 4.90 Å². The summed E-state index contributed by atoms with van der Waals surface area (Å²) in [4.78, 5) is 24.5. The Labute approximate surface area is 125 Å². The van der Waals surface area contributed by atoms with Gasteiger partial charge in [-0.1, -0.05) is 17.7 Å². The van der Waals surface area contributed by atoms with Crippen LogP contribution in [0.3, 0.4) is 0 Å².